The monoisotopic (exact) mass is 711 g/mol. The fraction of sp³-hybridized carbons (Fsp3) is 0.235. The number of hydrogen-bond acceptors (Lipinski definition) is 5. The van der Waals surface area contributed by atoms with Gasteiger partial charge < -0.3 is 15.0 Å². The summed E-state index contributed by atoms with van der Waals surface area (Å²) in [6, 6.07) is 26.8. The van der Waals surface area contributed by atoms with Crippen molar-refractivity contribution in [2.45, 2.75) is 37.8 Å². The number of nitrogens with one attached hydrogen (secondary N) is 1. The molecule has 0 aromatic heterocycles. The molecule has 8 nitrogen and oxygen atoms in total. The van der Waals surface area contributed by atoms with Gasteiger partial charge in [-0.2, -0.15) is 0 Å². The Labute approximate surface area is 278 Å². The van der Waals surface area contributed by atoms with Crippen LogP contribution in [0.2, 0.25) is 5.02 Å². The number of hydrogen-bond donors (Lipinski definition) is 1. The molecule has 0 aliphatic heterocycles. The molecule has 4 aromatic carbocycles. The summed E-state index contributed by atoms with van der Waals surface area (Å²) in [5.74, 6) is -0.551. The minimum atomic E-state index is -4.25. The van der Waals surface area contributed by atoms with Crippen LogP contribution in [0.15, 0.2) is 106 Å². The van der Waals surface area contributed by atoms with E-state index in [0.717, 1.165) is 25.5 Å². The molecule has 0 unspecified atom stereocenters. The standard InChI is InChI=1S/C34H35BrClN3O5S/c1-4-37-34(41)31(20-25-9-6-5-7-10-25)38(22-26-11-8-12-27(35)19-26)33(40)23-39(28-15-18-32(44-3)30(36)21-28)45(42,43)29-16-13-24(2)14-17-29/h5-19,21,31H,4,20,22-23H2,1-3H3,(H,37,41)/t31-/m1/s1. The van der Waals surface area contributed by atoms with Gasteiger partial charge in [0.2, 0.25) is 11.8 Å². The molecule has 0 bridgehead atoms. The first-order chi connectivity index (χ1) is 21.5. The number of amides is 2. The quantitative estimate of drug-likeness (QED) is 0.173. The van der Waals surface area contributed by atoms with E-state index in [1.54, 1.807) is 25.1 Å². The number of carbonyl (C=O) groups excluding carboxylic acids is 2. The fourth-order valence-electron chi connectivity index (χ4n) is 4.85. The topological polar surface area (TPSA) is 96.0 Å². The van der Waals surface area contributed by atoms with Gasteiger partial charge in [0.05, 0.1) is 22.7 Å². The van der Waals surface area contributed by atoms with E-state index in [-0.39, 0.29) is 34.5 Å². The van der Waals surface area contributed by atoms with E-state index in [4.69, 9.17) is 16.3 Å². The summed E-state index contributed by atoms with van der Waals surface area (Å²) in [6.07, 6.45) is 0.228. The van der Waals surface area contributed by atoms with Crippen molar-refractivity contribution in [2.24, 2.45) is 0 Å². The Balaban J connectivity index is 1.82. The number of rotatable bonds is 13. The molecule has 0 radical (unpaired) electrons. The molecular weight excluding hydrogens is 678 g/mol. The average molecular weight is 713 g/mol. The summed E-state index contributed by atoms with van der Waals surface area (Å²) in [4.78, 5) is 29.5. The fourth-order valence-corrected chi connectivity index (χ4v) is 6.96. The molecule has 0 saturated heterocycles. The number of anilines is 1. The van der Waals surface area contributed by atoms with Crippen LogP contribution in [0.4, 0.5) is 5.69 Å². The predicted octanol–water partition coefficient (Wildman–Crippen LogP) is 6.39. The Kier molecular flexibility index (Phi) is 11.7. The lowest BCUT2D eigenvalue weighted by Gasteiger charge is -2.34. The van der Waals surface area contributed by atoms with E-state index < -0.39 is 28.5 Å². The maximum atomic E-state index is 14.5. The van der Waals surface area contributed by atoms with E-state index in [1.165, 1.54) is 36.3 Å². The van der Waals surface area contributed by atoms with E-state index in [1.807, 2.05) is 61.5 Å². The van der Waals surface area contributed by atoms with E-state index in [2.05, 4.69) is 21.2 Å². The van der Waals surface area contributed by atoms with Gasteiger partial charge in [0.1, 0.15) is 18.3 Å². The minimum absolute atomic E-state index is 0.0101. The second-order valence-electron chi connectivity index (χ2n) is 10.4. The van der Waals surface area contributed by atoms with Crippen molar-refractivity contribution in [1.29, 1.82) is 0 Å². The molecule has 4 aromatic rings. The highest BCUT2D eigenvalue weighted by atomic mass is 79.9. The molecule has 0 spiro atoms. The number of sulfonamides is 1. The van der Waals surface area contributed by atoms with Crippen molar-refractivity contribution in [3.63, 3.8) is 0 Å². The summed E-state index contributed by atoms with van der Waals surface area (Å²) in [5.41, 5.74) is 2.68. The van der Waals surface area contributed by atoms with Crippen molar-refractivity contribution in [3.05, 3.63) is 123 Å². The largest absolute Gasteiger partial charge is 0.495 e. The highest BCUT2D eigenvalue weighted by Crippen LogP contribution is 2.32. The van der Waals surface area contributed by atoms with Crippen molar-refractivity contribution in [1.82, 2.24) is 10.2 Å². The van der Waals surface area contributed by atoms with Crippen LogP contribution >= 0.6 is 27.5 Å². The summed E-state index contributed by atoms with van der Waals surface area (Å²) in [7, 11) is -2.79. The molecule has 0 heterocycles. The number of carbonyl (C=O) groups is 2. The Bertz CT molecular complexity index is 1740. The van der Waals surface area contributed by atoms with Crippen molar-refractivity contribution in [2.75, 3.05) is 24.5 Å². The van der Waals surface area contributed by atoms with Gasteiger partial charge in [-0.15, -0.1) is 0 Å². The third-order valence-electron chi connectivity index (χ3n) is 7.18. The van der Waals surface area contributed by atoms with E-state index >= 15 is 0 Å². The predicted molar refractivity (Wildman–Crippen MR) is 181 cm³/mol. The van der Waals surface area contributed by atoms with Crippen LogP contribution < -0.4 is 14.4 Å². The third-order valence-corrected chi connectivity index (χ3v) is 9.75. The van der Waals surface area contributed by atoms with Gasteiger partial charge in [0.15, 0.2) is 0 Å². The van der Waals surface area contributed by atoms with Crippen LogP contribution in [0.1, 0.15) is 23.6 Å². The van der Waals surface area contributed by atoms with Crippen molar-refractivity contribution >= 4 is 55.1 Å². The van der Waals surface area contributed by atoms with Crippen LogP contribution in [0.25, 0.3) is 0 Å². The zero-order valence-electron chi connectivity index (χ0n) is 25.2. The second-order valence-corrected chi connectivity index (χ2v) is 13.6. The lowest BCUT2D eigenvalue weighted by atomic mass is 10.0. The molecule has 0 aliphatic rings. The number of methoxy groups -OCH3 is 1. The van der Waals surface area contributed by atoms with Crippen molar-refractivity contribution in [3.8, 4) is 5.75 Å². The first-order valence-corrected chi connectivity index (χ1v) is 16.9. The maximum absolute atomic E-state index is 14.5. The van der Waals surface area contributed by atoms with Gasteiger partial charge >= 0.3 is 0 Å². The highest BCUT2D eigenvalue weighted by Gasteiger charge is 2.34. The van der Waals surface area contributed by atoms with Crippen LogP contribution in [-0.2, 0) is 32.6 Å². The third kappa shape index (κ3) is 8.65. The first-order valence-electron chi connectivity index (χ1n) is 14.3. The van der Waals surface area contributed by atoms with Gasteiger partial charge in [-0.25, -0.2) is 8.42 Å². The first kappa shape index (κ1) is 34.0. The Morgan fingerprint density at radius 3 is 2.24 bits per heavy atom. The van der Waals surface area contributed by atoms with Gasteiger partial charge in [0.25, 0.3) is 10.0 Å². The molecule has 0 aliphatic carbocycles. The maximum Gasteiger partial charge on any atom is 0.264 e. The minimum Gasteiger partial charge on any atom is -0.495 e. The number of ether oxygens (including phenoxy) is 1. The Hall–Kier alpha value is -3.86. The molecule has 236 valence electrons. The Morgan fingerprint density at radius 2 is 1.62 bits per heavy atom. The second kappa shape index (κ2) is 15.4. The average Bonchev–Trinajstić information content (AvgIpc) is 3.02. The van der Waals surface area contributed by atoms with E-state index in [9.17, 15) is 18.0 Å². The van der Waals surface area contributed by atoms with Gasteiger partial charge in [-0.3, -0.25) is 13.9 Å². The number of likely N-dealkylation sites (N-methyl/N-ethyl adjacent to an activating group) is 1. The van der Waals surface area contributed by atoms with Crippen LogP contribution in [0, 0.1) is 6.92 Å². The normalized spacial score (nSPS) is 11.8. The molecule has 45 heavy (non-hydrogen) atoms. The van der Waals surface area contributed by atoms with Gasteiger partial charge in [-0.05, 0) is 67.4 Å². The summed E-state index contributed by atoms with van der Waals surface area (Å²) in [6.45, 7) is 3.50. The van der Waals surface area contributed by atoms with Crippen LogP contribution in [0.3, 0.4) is 0 Å². The SMILES string of the molecule is CCNC(=O)[C@@H](Cc1ccccc1)N(Cc1cccc(Br)c1)C(=O)CN(c1ccc(OC)c(Cl)c1)S(=O)(=O)c1ccc(C)cc1. The van der Waals surface area contributed by atoms with Crippen LogP contribution in [-0.4, -0.2) is 51.4 Å². The zero-order valence-corrected chi connectivity index (χ0v) is 28.4. The van der Waals surface area contributed by atoms with Gasteiger partial charge in [-0.1, -0.05) is 87.7 Å². The van der Waals surface area contributed by atoms with E-state index in [0.29, 0.717) is 12.3 Å². The number of nitrogens with zero attached hydrogens (tertiary/aromatic N) is 2. The molecular formula is C34H35BrClN3O5S. The number of aryl methyl sites for hydroxylation is 1. The number of benzene rings is 4. The number of halogens is 2. The lowest BCUT2D eigenvalue weighted by molar-refractivity contribution is -0.140. The highest BCUT2D eigenvalue weighted by molar-refractivity contribution is 9.10. The smallest absolute Gasteiger partial charge is 0.264 e. The Morgan fingerprint density at radius 1 is 0.933 bits per heavy atom. The summed E-state index contributed by atoms with van der Waals surface area (Å²) >= 11 is 9.92. The molecule has 1 atom stereocenters. The molecule has 11 heteroatoms. The van der Waals surface area contributed by atoms with Crippen LogP contribution in [0.5, 0.6) is 5.75 Å². The van der Waals surface area contributed by atoms with Gasteiger partial charge in [0, 0.05) is 24.0 Å². The molecule has 0 fully saturated rings. The van der Waals surface area contributed by atoms with Crippen molar-refractivity contribution < 1.29 is 22.7 Å². The zero-order chi connectivity index (χ0) is 32.6. The lowest BCUT2D eigenvalue weighted by Crippen LogP contribution is -2.53. The summed E-state index contributed by atoms with van der Waals surface area (Å²) in [5, 5.41) is 3.04. The molecule has 0 saturated carbocycles. The molecule has 1 N–H and O–H groups in total. The summed E-state index contributed by atoms with van der Waals surface area (Å²) < 4.78 is 35.4. The molecule has 2 amide bonds. The molecule has 4 rings (SSSR count).